The maximum Gasteiger partial charge on any atom is 0.307 e. The van der Waals surface area contributed by atoms with E-state index in [-0.39, 0.29) is 12.2 Å². The molecule has 1 atom stereocenters. The Morgan fingerprint density at radius 1 is 1.12 bits per heavy atom. The van der Waals surface area contributed by atoms with Crippen molar-refractivity contribution in [2.45, 2.75) is 66.5 Å². The molecule has 0 radical (unpaired) electrons. The Morgan fingerprint density at radius 3 is 2.18 bits per heavy atom. The van der Waals surface area contributed by atoms with Crippen LogP contribution in [0.15, 0.2) is 0 Å². The van der Waals surface area contributed by atoms with Gasteiger partial charge in [-0.1, -0.05) is 40.5 Å². The van der Waals surface area contributed by atoms with Crippen molar-refractivity contribution in [1.29, 1.82) is 0 Å². The zero-order valence-electron chi connectivity index (χ0n) is 12.2. The molecule has 0 rings (SSSR count). The van der Waals surface area contributed by atoms with Gasteiger partial charge in [0.2, 0.25) is 0 Å². The van der Waals surface area contributed by atoms with E-state index >= 15 is 0 Å². The van der Waals surface area contributed by atoms with Crippen molar-refractivity contribution in [2.75, 3.05) is 13.1 Å². The molecule has 0 spiro atoms. The minimum Gasteiger partial charge on any atom is -0.447 e. The smallest absolute Gasteiger partial charge is 0.307 e. The van der Waals surface area contributed by atoms with Gasteiger partial charge in [0, 0.05) is 6.42 Å². The Bertz CT molecular complexity index is 200. The summed E-state index contributed by atoms with van der Waals surface area (Å²) >= 11 is 0. The average Bonchev–Trinajstić information content (AvgIpc) is 2.25. The first-order chi connectivity index (χ1) is 8.01. The molecule has 0 aliphatic carbocycles. The SMILES string of the molecule is CCN(CC)C(C)OC(=O)CCCCC(C)C. The van der Waals surface area contributed by atoms with Gasteiger partial charge in [0.25, 0.3) is 0 Å². The lowest BCUT2D eigenvalue weighted by Gasteiger charge is -2.25. The maximum atomic E-state index is 11.6. The lowest BCUT2D eigenvalue weighted by molar-refractivity contribution is -0.157. The highest BCUT2D eigenvalue weighted by Gasteiger charge is 2.14. The van der Waals surface area contributed by atoms with E-state index in [0.29, 0.717) is 6.42 Å². The van der Waals surface area contributed by atoms with Crippen molar-refractivity contribution in [3.05, 3.63) is 0 Å². The van der Waals surface area contributed by atoms with Gasteiger partial charge in [0.15, 0.2) is 6.23 Å². The molecule has 3 heteroatoms. The summed E-state index contributed by atoms with van der Waals surface area (Å²) in [6.07, 6.45) is 3.72. The van der Waals surface area contributed by atoms with E-state index in [0.717, 1.165) is 31.8 Å². The van der Waals surface area contributed by atoms with Crippen molar-refractivity contribution in [3.8, 4) is 0 Å². The second-order valence-electron chi connectivity index (χ2n) is 4.95. The highest BCUT2D eigenvalue weighted by Crippen LogP contribution is 2.09. The minimum absolute atomic E-state index is 0.0619. The quantitative estimate of drug-likeness (QED) is 0.353. The van der Waals surface area contributed by atoms with E-state index in [1.807, 2.05) is 6.92 Å². The predicted octanol–water partition coefficient (Wildman–Crippen LogP) is 3.43. The first-order valence-electron chi connectivity index (χ1n) is 6.94. The third-order valence-corrected chi connectivity index (χ3v) is 3.04. The van der Waals surface area contributed by atoms with Crippen LogP contribution in [-0.4, -0.2) is 30.2 Å². The van der Waals surface area contributed by atoms with Crippen molar-refractivity contribution in [2.24, 2.45) is 5.92 Å². The Labute approximate surface area is 107 Å². The summed E-state index contributed by atoms with van der Waals surface area (Å²) in [6, 6.07) is 0. The molecule has 0 N–H and O–H groups in total. The molecule has 0 aromatic carbocycles. The van der Waals surface area contributed by atoms with Crippen LogP contribution in [0.4, 0.5) is 0 Å². The molecule has 0 aromatic rings. The van der Waals surface area contributed by atoms with Crippen LogP contribution in [0.25, 0.3) is 0 Å². The van der Waals surface area contributed by atoms with Gasteiger partial charge in [-0.2, -0.15) is 0 Å². The standard InChI is InChI=1S/C14H29NO2/c1-6-15(7-2)13(5)17-14(16)11-9-8-10-12(3)4/h12-13H,6-11H2,1-5H3. The van der Waals surface area contributed by atoms with Gasteiger partial charge in [0.1, 0.15) is 0 Å². The largest absolute Gasteiger partial charge is 0.447 e. The molecule has 0 fully saturated rings. The molecule has 0 bridgehead atoms. The van der Waals surface area contributed by atoms with Gasteiger partial charge >= 0.3 is 5.97 Å². The van der Waals surface area contributed by atoms with Gasteiger partial charge in [-0.15, -0.1) is 0 Å². The maximum absolute atomic E-state index is 11.6. The number of hydrogen-bond acceptors (Lipinski definition) is 3. The topological polar surface area (TPSA) is 29.5 Å². The van der Waals surface area contributed by atoms with Gasteiger partial charge in [-0.25, -0.2) is 0 Å². The molecule has 0 amide bonds. The number of hydrogen-bond donors (Lipinski definition) is 0. The Hall–Kier alpha value is -0.570. The summed E-state index contributed by atoms with van der Waals surface area (Å²) < 4.78 is 5.39. The summed E-state index contributed by atoms with van der Waals surface area (Å²) in [5, 5.41) is 0. The molecular formula is C14H29NO2. The van der Waals surface area contributed by atoms with Gasteiger partial charge in [-0.05, 0) is 32.4 Å². The zero-order valence-corrected chi connectivity index (χ0v) is 12.2. The molecule has 0 heterocycles. The predicted molar refractivity (Wildman–Crippen MR) is 71.8 cm³/mol. The number of carbonyl (C=O) groups excluding carboxylic acids is 1. The molecule has 0 saturated carbocycles. The Morgan fingerprint density at radius 2 is 1.71 bits per heavy atom. The van der Waals surface area contributed by atoms with Crippen molar-refractivity contribution in [3.63, 3.8) is 0 Å². The number of carbonyl (C=O) groups is 1. The molecule has 102 valence electrons. The van der Waals surface area contributed by atoms with Crippen LogP contribution in [0.5, 0.6) is 0 Å². The van der Waals surface area contributed by atoms with Crippen LogP contribution in [0.2, 0.25) is 0 Å². The number of rotatable bonds is 9. The number of esters is 1. The molecular weight excluding hydrogens is 214 g/mol. The number of nitrogens with zero attached hydrogens (tertiary/aromatic N) is 1. The van der Waals surface area contributed by atoms with Crippen molar-refractivity contribution in [1.82, 2.24) is 4.90 Å². The van der Waals surface area contributed by atoms with Crippen LogP contribution >= 0.6 is 0 Å². The third kappa shape index (κ3) is 8.19. The zero-order chi connectivity index (χ0) is 13.3. The molecule has 3 nitrogen and oxygen atoms in total. The number of ether oxygens (including phenoxy) is 1. The second-order valence-corrected chi connectivity index (χ2v) is 4.95. The van der Waals surface area contributed by atoms with Crippen LogP contribution in [0.1, 0.15) is 60.3 Å². The summed E-state index contributed by atoms with van der Waals surface area (Å²) in [6.45, 7) is 12.4. The monoisotopic (exact) mass is 243 g/mol. The van der Waals surface area contributed by atoms with Crippen molar-refractivity contribution >= 4 is 5.97 Å². The summed E-state index contributed by atoms with van der Waals surface area (Å²) in [7, 11) is 0. The first kappa shape index (κ1) is 16.4. The average molecular weight is 243 g/mol. The van der Waals surface area contributed by atoms with E-state index in [2.05, 4.69) is 32.6 Å². The Balaban J connectivity index is 3.70. The molecule has 17 heavy (non-hydrogen) atoms. The summed E-state index contributed by atoms with van der Waals surface area (Å²) in [4.78, 5) is 13.7. The van der Waals surface area contributed by atoms with Crippen LogP contribution < -0.4 is 0 Å². The van der Waals surface area contributed by atoms with E-state index in [4.69, 9.17) is 4.74 Å². The van der Waals surface area contributed by atoms with Crippen LogP contribution in [-0.2, 0) is 9.53 Å². The van der Waals surface area contributed by atoms with Crippen LogP contribution in [0, 0.1) is 5.92 Å². The fraction of sp³-hybridized carbons (Fsp3) is 0.929. The highest BCUT2D eigenvalue weighted by molar-refractivity contribution is 5.69. The lowest BCUT2D eigenvalue weighted by atomic mass is 10.1. The fourth-order valence-corrected chi connectivity index (χ4v) is 1.88. The normalized spacial score (nSPS) is 13.1. The fourth-order valence-electron chi connectivity index (χ4n) is 1.88. The highest BCUT2D eigenvalue weighted by atomic mass is 16.6. The molecule has 0 saturated heterocycles. The van der Waals surface area contributed by atoms with Crippen LogP contribution in [0.3, 0.4) is 0 Å². The van der Waals surface area contributed by atoms with E-state index in [9.17, 15) is 4.79 Å². The lowest BCUT2D eigenvalue weighted by Crippen LogP contribution is -2.36. The van der Waals surface area contributed by atoms with Crippen molar-refractivity contribution < 1.29 is 9.53 Å². The summed E-state index contributed by atoms with van der Waals surface area (Å²) in [5.41, 5.74) is 0. The minimum atomic E-state index is -0.0948. The second kappa shape index (κ2) is 9.46. The molecule has 0 aliphatic rings. The Kier molecular flexibility index (Phi) is 9.14. The van der Waals surface area contributed by atoms with E-state index < -0.39 is 0 Å². The molecule has 0 aliphatic heterocycles. The molecule has 1 unspecified atom stereocenters. The summed E-state index contributed by atoms with van der Waals surface area (Å²) in [5.74, 6) is 0.661. The molecule has 0 aromatic heterocycles. The van der Waals surface area contributed by atoms with Gasteiger partial charge in [0.05, 0.1) is 0 Å². The first-order valence-corrected chi connectivity index (χ1v) is 6.94. The van der Waals surface area contributed by atoms with E-state index in [1.54, 1.807) is 0 Å². The number of unbranched alkanes of at least 4 members (excludes halogenated alkanes) is 1. The van der Waals surface area contributed by atoms with E-state index in [1.165, 1.54) is 6.42 Å². The van der Waals surface area contributed by atoms with Gasteiger partial charge in [-0.3, -0.25) is 9.69 Å². The third-order valence-electron chi connectivity index (χ3n) is 3.04. The van der Waals surface area contributed by atoms with Gasteiger partial charge < -0.3 is 4.74 Å².